The van der Waals surface area contributed by atoms with E-state index in [0.717, 1.165) is 22.3 Å². The van der Waals surface area contributed by atoms with Gasteiger partial charge < -0.3 is 15.2 Å². The van der Waals surface area contributed by atoms with Gasteiger partial charge in [-0.1, -0.05) is 61.4 Å². The van der Waals surface area contributed by atoms with Crippen molar-refractivity contribution in [3.8, 4) is 11.1 Å². The Kier molecular flexibility index (Phi) is 7.20. The first-order chi connectivity index (χ1) is 14.8. The number of amides is 1. The fourth-order valence-corrected chi connectivity index (χ4v) is 3.89. The molecule has 1 amide bonds. The second-order valence-electron chi connectivity index (χ2n) is 7.58. The van der Waals surface area contributed by atoms with E-state index in [2.05, 4.69) is 5.32 Å². The van der Waals surface area contributed by atoms with E-state index in [-0.39, 0.29) is 38.2 Å². The molecule has 0 aliphatic heterocycles. The minimum Gasteiger partial charge on any atom is -0.480 e. The summed E-state index contributed by atoms with van der Waals surface area (Å²) >= 11 is 0. The molecule has 8 heteroatoms. The highest BCUT2D eigenvalue weighted by atomic mass is 19.4. The van der Waals surface area contributed by atoms with Gasteiger partial charge in [-0.05, 0) is 35.1 Å². The monoisotopic (exact) mass is 435 g/mol. The number of rotatable bonds is 9. The average Bonchev–Trinajstić information content (AvgIpc) is 3.04. The van der Waals surface area contributed by atoms with Crippen LogP contribution in [0.1, 0.15) is 49.1 Å². The van der Waals surface area contributed by atoms with Crippen LogP contribution in [0.3, 0.4) is 0 Å². The molecule has 5 nitrogen and oxygen atoms in total. The molecule has 1 aliphatic rings. The Balaban J connectivity index is 1.52. The van der Waals surface area contributed by atoms with Gasteiger partial charge in [0.25, 0.3) is 0 Å². The molecular formula is C23H24F3NO4. The van der Waals surface area contributed by atoms with Crippen molar-refractivity contribution >= 4 is 12.1 Å². The summed E-state index contributed by atoms with van der Waals surface area (Å²) in [6.07, 6.45) is -5.51. The number of carbonyl (C=O) groups is 2. The highest BCUT2D eigenvalue weighted by molar-refractivity contribution is 5.81. The van der Waals surface area contributed by atoms with Crippen molar-refractivity contribution in [3.63, 3.8) is 0 Å². The van der Waals surface area contributed by atoms with Crippen molar-refractivity contribution in [2.75, 3.05) is 6.61 Å². The number of halogens is 3. The Bertz CT molecular complexity index is 884. The summed E-state index contributed by atoms with van der Waals surface area (Å²) in [5.74, 6) is -1.40. The van der Waals surface area contributed by atoms with E-state index < -0.39 is 30.7 Å². The van der Waals surface area contributed by atoms with E-state index >= 15 is 0 Å². The van der Waals surface area contributed by atoms with Crippen molar-refractivity contribution in [3.05, 3.63) is 59.7 Å². The Labute approximate surface area is 178 Å². The Morgan fingerprint density at radius 1 is 0.968 bits per heavy atom. The van der Waals surface area contributed by atoms with Crippen molar-refractivity contribution in [1.82, 2.24) is 5.32 Å². The number of benzene rings is 2. The fraction of sp³-hybridized carbons (Fsp3) is 0.391. The van der Waals surface area contributed by atoms with Gasteiger partial charge in [-0.25, -0.2) is 9.59 Å². The largest absolute Gasteiger partial charge is 0.480 e. The number of hydrogen-bond donors (Lipinski definition) is 2. The number of unbranched alkanes of at least 4 members (excludes halogenated alkanes) is 2. The predicted molar refractivity (Wildman–Crippen MR) is 109 cm³/mol. The zero-order chi connectivity index (χ0) is 22.4. The van der Waals surface area contributed by atoms with Crippen LogP contribution in [0.4, 0.5) is 18.0 Å². The van der Waals surface area contributed by atoms with E-state index in [4.69, 9.17) is 4.74 Å². The van der Waals surface area contributed by atoms with Crippen LogP contribution >= 0.6 is 0 Å². The molecule has 2 aromatic carbocycles. The minimum atomic E-state index is -4.22. The number of nitrogens with one attached hydrogen (secondary N) is 1. The standard InChI is InChI=1S/C23H24F3NO4/c24-23(25,26)13-7-1-2-12-20(21(28)29)27-22(30)31-14-19-17-10-5-3-8-15(17)16-9-4-6-11-18(16)19/h3-6,8-11,19-20H,1-2,7,12-14H2,(H,27,30)(H,28,29)/t20-/m0/s1. The number of ether oxygens (including phenoxy) is 1. The smallest absolute Gasteiger partial charge is 0.407 e. The third kappa shape index (κ3) is 5.99. The maximum atomic E-state index is 12.2. The van der Waals surface area contributed by atoms with Gasteiger partial charge in [0.05, 0.1) is 0 Å². The van der Waals surface area contributed by atoms with Crippen molar-refractivity contribution < 1.29 is 32.6 Å². The lowest BCUT2D eigenvalue weighted by atomic mass is 9.98. The topological polar surface area (TPSA) is 75.6 Å². The van der Waals surface area contributed by atoms with Crippen molar-refractivity contribution in [1.29, 1.82) is 0 Å². The lowest BCUT2D eigenvalue weighted by Crippen LogP contribution is -2.41. The normalized spacial score (nSPS) is 13.9. The van der Waals surface area contributed by atoms with E-state index in [1.165, 1.54) is 0 Å². The molecule has 1 aliphatic carbocycles. The number of alkyl carbamates (subject to hydrolysis) is 1. The highest BCUT2D eigenvalue weighted by Crippen LogP contribution is 2.44. The van der Waals surface area contributed by atoms with Crippen LogP contribution in [-0.2, 0) is 9.53 Å². The first-order valence-corrected chi connectivity index (χ1v) is 10.2. The molecule has 0 unspecified atom stereocenters. The lowest BCUT2D eigenvalue weighted by molar-refractivity contribution is -0.140. The number of alkyl halides is 3. The minimum absolute atomic E-state index is 0.0391. The Morgan fingerprint density at radius 3 is 2.10 bits per heavy atom. The molecule has 0 saturated heterocycles. The molecule has 0 aromatic heterocycles. The molecule has 0 radical (unpaired) electrons. The summed E-state index contributed by atoms with van der Waals surface area (Å²) in [6, 6.07) is 14.5. The van der Waals surface area contributed by atoms with Crippen LogP contribution in [-0.4, -0.2) is 36.0 Å². The molecule has 1 atom stereocenters. The predicted octanol–water partition coefficient (Wildman–Crippen LogP) is 5.49. The summed E-state index contributed by atoms with van der Waals surface area (Å²) in [7, 11) is 0. The fourth-order valence-electron chi connectivity index (χ4n) is 3.89. The van der Waals surface area contributed by atoms with Gasteiger partial charge in [0.1, 0.15) is 12.6 Å². The number of aliphatic carboxylic acids is 1. The number of carboxylic acid groups (broad SMARTS) is 1. The van der Waals surface area contributed by atoms with Crippen LogP contribution in [0.25, 0.3) is 11.1 Å². The molecule has 0 bridgehead atoms. The number of carboxylic acids is 1. The Hall–Kier alpha value is -3.03. The summed E-state index contributed by atoms with van der Waals surface area (Å²) in [5, 5.41) is 11.6. The van der Waals surface area contributed by atoms with E-state index in [9.17, 15) is 27.9 Å². The van der Waals surface area contributed by atoms with Gasteiger partial charge in [-0.15, -0.1) is 0 Å². The number of hydrogen-bond acceptors (Lipinski definition) is 3. The first kappa shape index (κ1) is 22.7. The maximum absolute atomic E-state index is 12.2. The number of fused-ring (bicyclic) bond motifs is 3. The third-order valence-corrected chi connectivity index (χ3v) is 5.39. The van der Waals surface area contributed by atoms with Gasteiger partial charge >= 0.3 is 18.2 Å². The summed E-state index contributed by atoms with van der Waals surface area (Å²) in [6.45, 7) is 0.0534. The van der Waals surface area contributed by atoms with Crippen LogP contribution in [0, 0.1) is 0 Å². The molecule has 3 rings (SSSR count). The molecule has 31 heavy (non-hydrogen) atoms. The molecule has 2 N–H and O–H groups in total. The second kappa shape index (κ2) is 9.85. The summed E-state index contributed by atoms with van der Waals surface area (Å²) < 4.78 is 41.8. The van der Waals surface area contributed by atoms with Crippen LogP contribution in [0.5, 0.6) is 0 Å². The van der Waals surface area contributed by atoms with E-state index in [1.54, 1.807) is 0 Å². The lowest BCUT2D eigenvalue weighted by Gasteiger charge is -2.17. The van der Waals surface area contributed by atoms with Gasteiger partial charge in [0.15, 0.2) is 0 Å². The van der Waals surface area contributed by atoms with Gasteiger partial charge in [-0.3, -0.25) is 0 Å². The summed E-state index contributed by atoms with van der Waals surface area (Å²) in [4.78, 5) is 23.6. The van der Waals surface area contributed by atoms with Crippen LogP contribution in [0.2, 0.25) is 0 Å². The molecule has 2 aromatic rings. The molecule has 0 spiro atoms. The van der Waals surface area contributed by atoms with E-state index in [1.807, 2.05) is 48.5 Å². The van der Waals surface area contributed by atoms with Crippen LogP contribution < -0.4 is 5.32 Å². The van der Waals surface area contributed by atoms with E-state index in [0.29, 0.717) is 0 Å². The third-order valence-electron chi connectivity index (χ3n) is 5.39. The SMILES string of the molecule is O=C(N[C@@H](CCCCCC(F)(F)F)C(=O)O)OCC1c2ccccc2-c2ccccc21. The zero-order valence-corrected chi connectivity index (χ0v) is 16.8. The maximum Gasteiger partial charge on any atom is 0.407 e. The first-order valence-electron chi connectivity index (χ1n) is 10.2. The second-order valence-corrected chi connectivity index (χ2v) is 7.58. The summed E-state index contributed by atoms with van der Waals surface area (Å²) in [5.41, 5.74) is 4.23. The quantitative estimate of drug-likeness (QED) is 0.511. The van der Waals surface area contributed by atoms with Gasteiger partial charge in [0.2, 0.25) is 0 Å². The highest BCUT2D eigenvalue weighted by Gasteiger charge is 2.30. The Morgan fingerprint density at radius 2 is 1.55 bits per heavy atom. The molecule has 0 saturated carbocycles. The zero-order valence-electron chi connectivity index (χ0n) is 16.8. The van der Waals surface area contributed by atoms with Gasteiger partial charge in [0, 0.05) is 12.3 Å². The molecular weight excluding hydrogens is 411 g/mol. The van der Waals surface area contributed by atoms with Gasteiger partial charge in [-0.2, -0.15) is 13.2 Å². The molecule has 166 valence electrons. The average molecular weight is 435 g/mol. The molecule has 0 fully saturated rings. The number of carbonyl (C=O) groups excluding carboxylic acids is 1. The van der Waals surface area contributed by atoms with Crippen LogP contribution in [0.15, 0.2) is 48.5 Å². The van der Waals surface area contributed by atoms with Crippen molar-refractivity contribution in [2.24, 2.45) is 0 Å². The van der Waals surface area contributed by atoms with Crippen molar-refractivity contribution in [2.45, 2.75) is 50.2 Å². The molecule has 0 heterocycles.